The molecule has 2 atom stereocenters. The largest absolute Gasteiger partial charge is 0.341 e. The van der Waals surface area contributed by atoms with Crippen molar-refractivity contribution in [2.45, 2.75) is 55.8 Å². The molecular formula is C23H29N3O4S2. The van der Waals surface area contributed by atoms with E-state index in [-0.39, 0.29) is 16.0 Å². The van der Waals surface area contributed by atoms with Crippen LogP contribution in [0.1, 0.15) is 38.2 Å². The minimum absolute atomic E-state index is 0.0532. The molecule has 0 radical (unpaired) electrons. The first-order chi connectivity index (χ1) is 15.3. The maximum absolute atomic E-state index is 12.9. The standard InChI is InChI=1S/C23H29N3O4S2/c1-16-6-8-18(9-7-16)20-10-11-21(31-20)32(29,30)24-19-12-15-26(23(19)28)17(2)22(27)25-13-4-3-5-14-25/h6-11,17,19,24H,3-5,12-15H2,1-2H3/t17-,19?/m0/s1. The number of carbonyl (C=O) groups excluding carboxylic acids is 2. The minimum atomic E-state index is -3.84. The van der Waals surface area contributed by atoms with E-state index in [0.717, 1.165) is 48.4 Å². The maximum atomic E-state index is 12.9. The second-order valence-electron chi connectivity index (χ2n) is 8.54. The van der Waals surface area contributed by atoms with E-state index < -0.39 is 22.1 Å². The van der Waals surface area contributed by atoms with Crippen LogP contribution in [0.4, 0.5) is 0 Å². The fourth-order valence-corrected chi connectivity index (χ4v) is 6.84. The monoisotopic (exact) mass is 475 g/mol. The third kappa shape index (κ3) is 4.74. The lowest BCUT2D eigenvalue weighted by atomic mass is 10.1. The van der Waals surface area contributed by atoms with Gasteiger partial charge in [-0.25, -0.2) is 8.42 Å². The van der Waals surface area contributed by atoms with Gasteiger partial charge >= 0.3 is 0 Å². The summed E-state index contributed by atoms with van der Waals surface area (Å²) in [5.74, 6) is -0.385. The zero-order valence-corrected chi connectivity index (χ0v) is 20.0. The molecule has 4 rings (SSSR count). The van der Waals surface area contributed by atoms with Crippen LogP contribution in [0.3, 0.4) is 0 Å². The predicted molar refractivity (Wildman–Crippen MR) is 125 cm³/mol. The third-order valence-electron chi connectivity index (χ3n) is 6.21. The molecule has 32 heavy (non-hydrogen) atoms. The lowest BCUT2D eigenvalue weighted by molar-refractivity contribution is -0.143. The van der Waals surface area contributed by atoms with Crippen molar-refractivity contribution in [1.82, 2.24) is 14.5 Å². The molecule has 3 heterocycles. The molecule has 2 aliphatic rings. The first-order valence-corrected chi connectivity index (χ1v) is 13.3. The summed E-state index contributed by atoms with van der Waals surface area (Å²) in [5.41, 5.74) is 2.09. The van der Waals surface area contributed by atoms with Crippen molar-refractivity contribution in [3.05, 3.63) is 42.0 Å². The first kappa shape index (κ1) is 22.9. The van der Waals surface area contributed by atoms with Gasteiger partial charge in [-0.1, -0.05) is 29.8 Å². The highest BCUT2D eigenvalue weighted by Crippen LogP contribution is 2.31. The Morgan fingerprint density at radius 1 is 1.06 bits per heavy atom. The number of hydrogen-bond acceptors (Lipinski definition) is 5. The Hall–Kier alpha value is -2.23. The highest BCUT2D eigenvalue weighted by Gasteiger charge is 2.40. The van der Waals surface area contributed by atoms with Crippen LogP contribution < -0.4 is 4.72 Å². The molecule has 1 aromatic carbocycles. The number of aryl methyl sites for hydroxylation is 1. The summed E-state index contributed by atoms with van der Waals surface area (Å²) in [6.45, 7) is 5.55. The lowest BCUT2D eigenvalue weighted by Crippen LogP contribution is -2.51. The summed E-state index contributed by atoms with van der Waals surface area (Å²) in [7, 11) is -3.84. The van der Waals surface area contributed by atoms with E-state index in [1.54, 1.807) is 19.1 Å². The van der Waals surface area contributed by atoms with Crippen LogP contribution in [0.25, 0.3) is 10.4 Å². The number of rotatable bonds is 6. The molecule has 2 aliphatic heterocycles. The number of nitrogens with zero attached hydrogens (tertiary/aromatic N) is 2. The zero-order chi connectivity index (χ0) is 22.9. The zero-order valence-electron chi connectivity index (χ0n) is 18.4. The molecule has 1 aromatic heterocycles. The number of carbonyl (C=O) groups is 2. The van der Waals surface area contributed by atoms with Crippen LogP contribution in [0.5, 0.6) is 0 Å². The molecule has 1 unspecified atom stereocenters. The van der Waals surface area contributed by atoms with Gasteiger partial charge in [0.15, 0.2) is 0 Å². The molecule has 2 fully saturated rings. The van der Waals surface area contributed by atoms with Crippen molar-refractivity contribution in [3.8, 4) is 10.4 Å². The number of thiophene rings is 1. The topological polar surface area (TPSA) is 86.8 Å². The van der Waals surface area contributed by atoms with E-state index >= 15 is 0 Å². The van der Waals surface area contributed by atoms with E-state index in [1.165, 1.54) is 16.2 Å². The van der Waals surface area contributed by atoms with E-state index in [9.17, 15) is 18.0 Å². The smallest absolute Gasteiger partial charge is 0.250 e. The lowest BCUT2D eigenvalue weighted by Gasteiger charge is -2.32. The van der Waals surface area contributed by atoms with Crippen molar-refractivity contribution in [1.29, 1.82) is 0 Å². The molecule has 9 heteroatoms. The SMILES string of the molecule is Cc1ccc(-c2ccc(S(=O)(=O)NC3CCN([C@@H](C)C(=O)N4CCCCC4)C3=O)s2)cc1. The summed E-state index contributed by atoms with van der Waals surface area (Å²) < 4.78 is 28.6. The van der Waals surface area contributed by atoms with Crippen LogP contribution in [0, 0.1) is 6.92 Å². The third-order valence-corrected chi connectivity index (χ3v) is 9.31. The average molecular weight is 476 g/mol. The van der Waals surface area contributed by atoms with Crippen LogP contribution in [0.2, 0.25) is 0 Å². The summed E-state index contributed by atoms with van der Waals surface area (Å²) in [6.07, 6.45) is 3.45. The summed E-state index contributed by atoms with van der Waals surface area (Å²) in [4.78, 5) is 29.9. The van der Waals surface area contributed by atoms with Gasteiger partial charge < -0.3 is 9.80 Å². The number of amides is 2. The first-order valence-electron chi connectivity index (χ1n) is 11.0. The van der Waals surface area contributed by atoms with Gasteiger partial charge in [-0.3, -0.25) is 9.59 Å². The van der Waals surface area contributed by atoms with E-state index in [0.29, 0.717) is 13.0 Å². The number of sulfonamides is 1. The van der Waals surface area contributed by atoms with E-state index in [4.69, 9.17) is 0 Å². The van der Waals surface area contributed by atoms with Crippen LogP contribution >= 0.6 is 11.3 Å². The van der Waals surface area contributed by atoms with Crippen molar-refractivity contribution in [2.75, 3.05) is 19.6 Å². The fourth-order valence-electron chi connectivity index (χ4n) is 4.29. The van der Waals surface area contributed by atoms with Gasteiger partial charge in [-0.05, 0) is 57.2 Å². The quantitative estimate of drug-likeness (QED) is 0.696. The van der Waals surface area contributed by atoms with Gasteiger partial charge in [0.1, 0.15) is 16.3 Å². The molecule has 172 valence electrons. The van der Waals surface area contributed by atoms with Crippen LogP contribution in [-0.4, -0.2) is 61.7 Å². The minimum Gasteiger partial charge on any atom is -0.341 e. The number of likely N-dealkylation sites (tertiary alicyclic amines) is 2. The Morgan fingerprint density at radius 2 is 1.75 bits per heavy atom. The molecular weight excluding hydrogens is 446 g/mol. The molecule has 7 nitrogen and oxygen atoms in total. The highest BCUT2D eigenvalue weighted by molar-refractivity contribution is 7.91. The molecule has 0 spiro atoms. The van der Waals surface area contributed by atoms with Gasteiger partial charge in [-0.2, -0.15) is 4.72 Å². The van der Waals surface area contributed by atoms with Gasteiger partial charge in [-0.15, -0.1) is 11.3 Å². The van der Waals surface area contributed by atoms with Crippen molar-refractivity contribution < 1.29 is 18.0 Å². The maximum Gasteiger partial charge on any atom is 0.250 e. The molecule has 0 aliphatic carbocycles. The summed E-state index contributed by atoms with van der Waals surface area (Å²) in [6, 6.07) is 9.83. The van der Waals surface area contributed by atoms with Crippen molar-refractivity contribution >= 4 is 33.2 Å². The van der Waals surface area contributed by atoms with Gasteiger partial charge in [0, 0.05) is 24.5 Å². The summed E-state index contributed by atoms with van der Waals surface area (Å²) in [5, 5.41) is 0. The van der Waals surface area contributed by atoms with Gasteiger partial charge in [0.25, 0.3) is 10.0 Å². The normalized spacial score (nSPS) is 20.6. The second kappa shape index (κ2) is 9.33. The number of piperidine rings is 1. The molecule has 0 saturated carbocycles. The van der Waals surface area contributed by atoms with Crippen molar-refractivity contribution in [3.63, 3.8) is 0 Å². The molecule has 2 aromatic rings. The number of hydrogen-bond donors (Lipinski definition) is 1. The molecule has 0 bridgehead atoms. The number of benzene rings is 1. The highest BCUT2D eigenvalue weighted by atomic mass is 32.2. The van der Waals surface area contributed by atoms with Crippen LogP contribution in [0.15, 0.2) is 40.6 Å². The van der Waals surface area contributed by atoms with Crippen molar-refractivity contribution in [2.24, 2.45) is 0 Å². The van der Waals surface area contributed by atoms with E-state index in [2.05, 4.69) is 4.72 Å². The predicted octanol–water partition coefficient (Wildman–Crippen LogP) is 3.00. The number of nitrogens with one attached hydrogen (secondary N) is 1. The van der Waals surface area contributed by atoms with Gasteiger partial charge in [0.05, 0.1) is 0 Å². The second-order valence-corrected chi connectivity index (χ2v) is 11.6. The fraction of sp³-hybridized carbons (Fsp3) is 0.478. The Labute approximate surface area is 193 Å². The average Bonchev–Trinajstić information content (AvgIpc) is 3.42. The summed E-state index contributed by atoms with van der Waals surface area (Å²) >= 11 is 1.18. The molecule has 1 N–H and O–H groups in total. The van der Waals surface area contributed by atoms with Gasteiger partial charge in [0.2, 0.25) is 11.8 Å². The Kier molecular flexibility index (Phi) is 6.69. The Morgan fingerprint density at radius 3 is 2.44 bits per heavy atom. The Bertz CT molecular complexity index is 1090. The molecule has 2 amide bonds. The molecule has 2 saturated heterocycles. The Balaban J connectivity index is 1.42. The van der Waals surface area contributed by atoms with Crippen LogP contribution in [-0.2, 0) is 19.6 Å². The van der Waals surface area contributed by atoms with E-state index in [1.807, 2.05) is 36.1 Å².